The minimum Gasteiger partial charge on any atom is -0.431 e. The Morgan fingerprint density at radius 1 is 1.19 bits per heavy atom. The summed E-state index contributed by atoms with van der Waals surface area (Å²) in [6, 6.07) is 7.28. The van der Waals surface area contributed by atoms with Gasteiger partial charge in [0, 0.05) is 18.6 Å². The van der Waals surface area contributed by atoms with Crippen molar-refractivity contribution in [3.63, 3.8) is 0 Å². The van der Waals surface area contributed by atoms with E-state index in [1.54, 1.807) is 30.7 Å². The molecular weight excluding hydrogens is 334 g/mol. The topological polar surface area (TPSA) is 112 Å². The predicted octanol–water partition coefficient (Wildman–Crippen LogP) is 2.27. The average molecular weight is 347 g/mol. The summed E-state index contributed by atoms with van der Waals surface area (Å²) in [5.41, 5.74) is 3.10. The van der Waals surface area contributed by atoms with Crippen molar-refractivity contribution in [1.29, 1.82) is 0 Å². The Morgan fingerprint density at radius 2 is 2.04 bits per heavy atom. The Kier molecular flexibility index (Phi) is 3.94. The number of oxazole rings is 1. The van der Waals surface area contributed by atoms with Crippen LogP contribution in [0, 0.1) is 6.92 Å². The number of carbonyl (C=O) groups is 1. The molecule has 1 N–H and O–H groups in total. The van der Waals surface area contributed by atoms with E-state index in [-0.39, 0.29) is 11.7 Å². The molecule has 4 heterocycles. The fourth-order valence-electron chi connectivity index (χ4n) is 2.42. The standard InChI is InChI=1S/C17H13N7O2/c1-11-3-2-6-19-15(11)13-10-26-17(21-13)22-16(25)14-9-20-23-24(14)12-4-7-18-8-5-12/h2-10H,1H3,(H,21,22,25). The summed E-state index contributed by atoms with van der Waals surface area (Å²) in [6.45, 7) is 1.92. The second-order valence-electron chi connectivity index (χ2n) is 5.40. The molecule has 4 aromatic rings. The lowest BCUT2D eigenvalue weighted by atomic mass is 10.2. The third kappa shape index (κ3) is 2.93. The molecular formula is C17H13N7O2. The SMILES string of the molecule is Cc1cccnc1-c1coc(NC(=O)c2cnnn2-c2ccncc2)n1. The number of anilines is 1. The lowest BCUT2D eigenvalue weighted by molar-refractivity contribution is 0.101. The van der Waals surface area contributed by atoms with Crippen molar-refractivity contribution in [3.05, 3.63) is 66.6 Å². The number of pyridine rings is 2. The number of aromatic nitrogens is 6. The van der Waals surface area contributed by atoms with Gasteiger partial charge >= 0.3 is 6.01 Å². The van der Waals surface area contributed by atoms with Gasteiger partial charge in [0.05, 0.1) is 17.6 Å². The van der Waals surface area contributed by atoms with Crippen molar-refractivity contribution in [2.45, 2.75) is 6.92 Å². The minimum absolute atomic E-state index is 0.0672. The van der Waals surface area contributed by atoms with Gasteiger partial charge in [0.2, 0.25) is 0 Å². The van der Waals surface area contributed by atoms with Gasteiger partial charge in [-0.2, -0.15) is 4.98 Å². The van der Waals surface area contributed by atoms with Crippen LogP contribution >= 0.6 is 0 Å². The van der Waals surface area contributed by atoms with Crippen molar-refractivity contribution < 1.29 is 9.21 Å². The van der Waals surface area contributed by atoms with E-state index in [1.165, 1.54) is 17.1 Å². The minimum atomic E-state index is -0.446. The summed E-state index contributed by atoms with van der Waals surface area (Å²) < 4.78 is 6.75. The average Bonchev–Trinajstić information content (AvgIpc) is 3.32. The van der Waals surface area contributed by atoms with E-state index >= 15 is 0 Å². The zero-order valence-electron chi connectivity index (χ0n) is 13.7. The summed E-state index contributed by atoms with van der Waals surface area (Å²) >= 11 is 0. The molecule has 1 amide bonds. The molecule has 0 unspecified atom stereocenters. The highest BCUT2D eigenvalue weighted by molar-refractivity contribution is 6.02. The zero-order valence-corrected chi connectivity index (χ0v) is 13.7. The number of nitrogens with one attached hydrogen (secondary N) is 1. The van der Waals surface area contributed by atoms with Crippen LogP contribution in [0.5, 0.6) is 0 Å². The van der Waals surface area contributed by atoms with Gasteiger partial charge in [0.1, 0.15) is 12.0 Å². The Bertz CT molecular complexity index is 1060. The van der Waals surface area contributed by atoms with Crippen LogP contribution < -0.4 is 5.32 Å². The van der Waals surface area contributed by atoms with Crippen LogP contribution in [0.2, 0.25) is 0 Å². The first kappa shape index (κ1) is 15.6. The number of rotatable bonds is 4. The molecule has 4 aromatic heterocycles. The van der Waals surface area contributed by atoms with E-state index in [4.69, 9.17) is 4.42 Å². The van der Waals surface area contributed by atoms with Crippen molar-refractivity contribution in [2.75, 3.05) is 5.32 Å². The van der Waals surface area contributed by atoms with Gasteiger partial charge in [-0.3, -0.25) is 20.1 Å². The highest BCUT2D eigenvalue weighted by Crippen LogP contribution is 2.22. The van der Waals surface area contributed by atoms with Gasteiger partial charge in [-0.05, 0) is 30.7 Å². The zero-order chi connectivity index (χ0) is 17.9. The molecule has 0 fully saturated rings. The third-order valence-electron chi connectivity index (χ3n) is 3.67. The van der Waals surface area contributed by atoms with Crippen molar-refractivity contribution in [1.82, 2.24) is 29.9 Å². The smallest absolute Gasteiger partial charge is 0.302 e. The van der Waals surface area contributed by atoms with Crippen LogP contribution in [0.3, 0.4) is 0 Å². The lowest BCUT2D eigenvalue weighted by Crippen LogP contribution is -2.17. The third-order valence-corrected chi connectivity index (χ3v) is 3.67. The lowest BCUT2D eigenvalue weighted by Gasteiger charge is -2.04. The highest BCUT2D eigenvalue weighted by Gasteiger charge is 2.18. The van der Waals surface area contributed by atoms with Gasteiger partial charge in [-0.25, -0.2) is 4.68 Å². The van der Waals surface area contributed by atoms with Gasteiger partial charge < -0.3 is 4.42 Å². The number of hydrogen-bond donors (Lipinski definition) is 1. The Morgan fingerprint density at radius 3 is 2.85 bits per heavy atom. The molecule has 0 atom stereocenters. The highest BCUT2D eigenvalue weighted by atomic mass is 16.4. The number of aryl methyl sites for hydroxylation is 1. The van der Waals surface area contributed by atoms with Gasteiger partial charge in [0.25, 0.3) is 5.91 Å². The first-order chi connectivity index (χ1) is 12.7. The number of nitrogens with zero attached hydrogens (tertiary/aromatic N) is 6. The Labute approximate surface area is 147 Å². The van der Waals surface area contributed by atoms with Gasteiger partial charge in [-0.1, -0.05) is 11.3 Å². The van der Waals surface area contributed by atoms with E-state index in [9.17, 15) is 4.79 Å². The summed E-state index contributed by atoms with van der Waals surface area (Å²) in [5, 5.41) is 10.3. The number of carbonyl (C=O) groups excluding carboxylic acids is 1. The molecule has 0 bridgehead atoms. The molecule has 0 radical (unpaired) electrons. The first-order valence-corrected chi connectivity index (χ1v) is 7.72. The summed E-state index contributed by atoms with van der Waals surface area (Å²) in [4.78, 5) is 25.0. The summed E-state index contributed by atoms with van der Waals surface area (Å²) in [6.07, 6.45) is 7.70. The molecule has 9 heteroatoms. The Hall–Kier alpha value is -3.88. The van der Waals surface area contributed by atoms with Gasteiger partial charge in [-0.15, -0.1) is 5.10 Å². The number of amides is 1. The predicted molar refractivity (Wildman–Crippen MR) is 91.6 cm³/mol. The maximum atomic E-state index is 12.5. The van der Waals surface area contributed by atoms with Crippen LogP contribution in [0.1, 0.15) is 16.1 Å². The van der Waals surface area contributed by atoms with E-state index in [1.807, 2.05) is 19.1 Å². The van der Waals surface area contributed by atoms with Crippen molar-refractivity contribution in [2.24, 2.45) is 0 Å². The van der Waals surface area contributed by atoms with Crippen LogP contribution in [0.15, 0.2) is 59.7 Å². The van der Waals surface area contributed by atoms with Crippen molar-refractivity contribution >= 4 is 11.9 Å². The van der Waals surface area contributed by atoms with Crippen LogP contribution in [-0.4, -0.2) is 35.9 Å². The van der Waals surface area contributed by atoms with Crippen LogP contribution in [0.4, 0.5) is 6.01 Å². The molecule has 0 aliphatic rings. The fraction of sp³-hybridized carbons (Fsp3) is 0.0588. The number of hydrogen-bond acceptors (Lipinski definition) is 7. The summed E-state index contributed by atoms with van der Waals surface area (Å²) in [7, 11) is 0. The fourth-order valence-corrected chi connectivity index (χ4v) is 2.42. The van der Waals surface area contributed by atoms with Gasteiger partial charge in [0.15, 0.2) is 5.69 Å². The second-order valence-corrected chi connectivity index (χ2v) is 5.40. The second kappa shape index (κ2) is 6.55. The molecule has 0 aliphatic carbocycles. The van der Waals surface area contributed by atoms with E-state index in [2.05, 4.69) is 30.6 Å². The molecule has 128 valence electrons. The summed E-state index contributed by atoms with van der Waals surface area (Å²) in [5.74, 6) is -0.446. The normalized spacial score (nSPS) is 10.7. The molecule has 0 aromatic carbocycles. The Balaban J connectivity index is 1.57. The molecule has 9 nitrogen and oxygen atoms in total. The maximum Gasteiger partial charge on any atom is 0.302 e. The molecule has 4 rings (SSSR count). The van der Waals surface area contributed by atoms with E-state index < -0.39 is 5.91 Å². The molecule has 0 saturated heterocycles. The van der Waals surface area contributed by atoms with E-state index in [0.717, 1.165) is 5.56 Å². The van der Waals surface area contributed by atoms with Crippen LogP contribution in [0.25, 0.3) is 17.1 Å². The van der Waals surface area contributed by atoms with E-state index in [0.29, 0.717) is 17.1 Å². The molecule has 0 aliphatic heterocycles. The molecule has 26 heavy (non-hydrogen) atoms. The maximum absolute atomic E-state index is 12.5. The molecule has 0 spiro atoms. The van der Waals surface area contributed by atoms with Crippen molar-refractivity contribution in [3.8, 4) is 17.1 Å². The first-order valence-electron chi connectivity index (χ1n) is 7.72. The largest absolute Gasteiger partial charge is 0.431 e. The van der Waals surface area contributed by atoms with Crippen LogP contribution in [-0.2, 0) is 0 Å². The quantitative estimate of drug-likeness (QED) is 0.602. The monoisotopic (exact) mass is 347 g/mol. The molecule has 0 saturated carbocycles.